The number of esters is 1. The van der Waals surface area contributed by atoms with Crippen molar-refractivity contribution in [1.82, 2.24) is 4.90 Å². The molecule has 2 atom stereocenters. The SMILES string of the molecule is CCOC(=O)C1C(O)C=CCN1C(=O)OC(C)(C)C. The number of carbonyl (C=O) groups excluding carboxylic acids is 2. The third-order valence-corrected chi connectivity index (χ3v) is 2.45. The number of rotatable bonds is 2. The monoisotopic (exact) mass is 271 g/mol. The Morgan fingerprint density at radius 1 is 1.42 bits per heavy atom. The van der Waals surface area contributed by atoms with Crippen molar-refractivity contribution in [2.45, 2.75) is 45.4 Å². The average molecular weight is 271 g/mol. The summed E-state index contributed by atoms with van der Waals surface area (Å²) in [7, 11) is 0. The number of hydrogen-bond acceptors (Lipinski definition) is 5. The largest absolute Gasteiger partial charge is 0.464 e. The second kappa shape index (κ2) is 6.06. The minimum Gasteiger partial charge on any atom is -0.464 e. The minimum atomic E-state index is -1.08. The Hall–Kier alpha value is -1.56. The lowest BCUT2D eigenvalue weighted by Gasteiger charge is -2.35. The first kappa shape index (κ1) is 15.5. The van der Waals surface area contributed by atoms with Gasteiger partial charge in [-0.3, -0.25) is 4.90 Å². The lowest BCUT2D eigenvalue weighted by molar-refractivity contribution is -0.152. The summed E-state index contributed by atoms with van der Waals surface area (Å²) in [5, 5.41) is 9.85. The van der Waals surface area contributed by atoms with E-state index in [1.54, 1.807) is 33.8 Å². The van der Waals surface area contributed by atoms with Crippen LogP contribution in [0.2, 0.25) is 0 Å². The number of carbonyl (C=O) groups is 2. The maximum atomic E-state index is 12.0. The molecule has 0 aromatic carbocycles. The zero-order valence-corrected chi connectivity index (χ0v) is 11.8. The van der Waals surface area contributed by atoms with E-state index in [1.165, 1.54) is 11.0 Å². The van der Waals surface area contributed by atoms with Gasteiger partial charge in [-0.25, -0.2) is 9.59 Å². The number of nitrogens with zero attached hydrogens (tertiary/aromatic N) is 1. The second-order valence-corrected chi connectivity index (χ2v) is 5.25. The topological polar surface area (TPSA) is 76.1 Å². The number of hydrogen-bond donors (Lipinski definition) is 1. The second-order valence-electron chi connectivity index (χ2n) is 5.25. The number of aliphatic hydroxyl groups excluding tert-OH is 1. The normalized spacial score (nSPS) is 23.1. The summed E-state index contributed by atoms with van der Waals surface area (Å²) in [6.45, 7) is 7.27. The molecule has 0 radical (unpaired) electrons. The molecule has 1 aliphatic rings. The summed E-state index contributed by atoms with van der Waals surface area (Å²) < 4.78 is 10.1. The molecule has 19 heavy (non-hydrogen) atoms. The zero-order valence-electron chi connectivity index (χ0n) is 11.8. The average Bonchev–Trinajstić information content (AvgIpc) is 2.26. The Kier molecular flexibility index (Phi) is 4.94. The Morgan fingerprint density at radius 3 is 2.58 bits per heavy atom. The Bertz CT molecular complexity index is 372. The van der Waals surface area contributed by atoms with Crippen LogP contribution in [-0.2, 0) is 14.3 Å². The fraction of sp³-hybridized carbons (Fsp3) is 0.692. The van der Waals surface area contributed by atoms with Crippen LogP contribution in [0.3, 0.4) is 0 Å². The predicted molar refractivity (Wildman–Crippen MR) is 68.5 cm³/mol. The lowest BCUT2D eigenvalue weighted by Crippen LogP contribution is -2.54. The molecule has 0 aliphatic carbocycles. The molecule has 1 amide bonds. The standard InChI is InChI=1S/C13H21NO5/c1-5-18-11(16)10-9(15)7-6-8-14(10)12(17)19-13(2,3)4/h6-7,9-10,15H,5,8H2,1-4H3. The van der Waals surface area contributed by atoms with E-state index < -0.39 is 29.8 Å². The molecule has 0 spiro atoms. The van der Waals surface area contributed by atoms with Gasteiger partial charge >= 0.3 is 12.1 Å². The molecule has 2 unspecified atom stereocenters. The van der Waals surface area contributed by atoms with Crippen molar-refractivity contribution in [2.24, 2.45) is 0 Å². The predicted octanol–water partition coefficient (Wildman–Crippen LogP) is 1.09. The molecule has 1 aliphatic heterocycles. The maximum Gasteiger partial charge on any atom is 0.411 e. The van der Waals surface area contributed by atoms with E-state index in [1.807, 2.05) is 0 Å². The van der Waals surface area contributed by atoms with Gasteiger partial charge in [0.2, 0.25) is 0 Å². The van der Waals surface area contributed by atoms with E-state index >= 15 is 0 Å². The van der Waals surface area contributed by atoms with Crippen molar-refractivity contribution >= 4 is 12.1 Å². The molecule has 6 nitrogen and oxygen atoms in total. The van der Waals surface area contributed by atoms with Crippen LogP contribution in [0.15, 0.2) is 12.2 Å². The fourth-order valence-corrected chi connectivity index (χ4v) is 1.72. The van der Waals surface area contributed by atoms with Crippen LogP contribution < -0.4 is 0 Å². The molecule has 1 rings (SSSR count). The van der Waals surface area contributed by atoms with Gasteiger partial charge in [0.1, 0.15) is 11.7 Å². The van der Waals surface area contributed by atoms with Gasteiger partial charge in [0, 0.05) is 6.54 Å². The summed E-state index contributed by atoms with van der Waals surface area (Å²) in [6, 6.07) is -1.06. The fourth-order valence-electron chi connectivity index (χ4n) is 1.72. The van der Waals surface area contributed by atoms with E-state index in [0.29, 0.717) is 0 Å². The Labute approximate surface area is 113 Å². The van der Waals surface area contributed by atoms with E-state index in [9.17, 15) is 14.7 Å². The molecule has 0 fully saturated rings. The van der Waals surface area contributed by atoms with Crippen LogP contribution in [0.1, 0.15) is 27.7 Å². The van der Waals surface area contributed by atoms with E-state index in [-0.39, 0.29) is 13.2 Å². The Morgan fingerprint density at radius 2 is 2.05 bits per heavy atom. The van der Waals surface area contributed by atoms with Crippen molar-refractivity contribution < 1.29 is 24.2 Å². The number of amides is 1. The van der Waals surface area contributed by atoms with Crippen molar-refractivity contribution in [1.29, 1.82) is 0 Å². The van der Waals surface area contributed by atoms with Crippen LogP contribution in [-0.4, -0.2) is 53.0 Å². The van der Waals surface area contributed by atoms with Gasteiger partial charge in [0.15, 0.2) is 6.04 Å². The highest BCUT2D eigenvalue weighted by Crippen LogP contribution is 2.18. The van der Waals surface area contributed by atoms with Gasteiger partial charge in [0.05, 0.1) is 6.61 Å². The van der Waals surface area contributed by atoms with Crippen LogP contribution in [0.4, 0.5) is 4.79 Å². The van der Waals surface area contributed by atoms with E-state index in [0.717, 1.165) is 0 Å². The van der Waals surface area contributed by atoms with Gasteiger partial charge in [0.25, 0.3) is 0 Å². The van der Waals surface area contributed by atoms with Gasteiger partial charge in [-0.1, -0.05) is 12.2 Å². The summed E-state index contributed by atoms with van der Waals surface area (Å²) in [4.78, 5) is 25.0. The lowest BCUT2D eigenvalue weighted by atomic mass is 10.1. The maximum absolute atomic E-state index is 12.0. The van der Waals surface area contributed by atoms with Crippen LogP contribution in [0.5, 0.6) is 0 Å². The molecule has 1 N–H and O–H groups in total. The smallest absolute Gasteiger partial charge is 0.411 e. The van der Waals surface area contributed by atoms with Crippen LogP contribution in [0.25, 0.3) is 0 Å². The molecule has 108 valence electrons. The van der Waals surface area contributed by atoms with Gasteiger partial charge in [-0.15, -0.1) is 0 Å². The number of aliphatic hydroxyl groups is 1. The highest BCUT2D eigenvalue weighted by molar-refractivity contribution is 5.83. The highest BCUT2D eigenvalue weighted by Gasteiger charge is 2.39. The zero-order chi connectivity index (χ0) is 14.6. The first-order chi connectivity index (χ1) is 8.76. The van der Waals surface area contributed by atoms with Crippen molar-refractivity contribution in [3.8, 4) is 0 Å². The van der Waals surface area contributed by atoms with Crippen LogP contribution in [0, 0.1) is 0 Å². The van der Waals surface area contributed by atoms with Crippen molar-refractivity contribution in [3.63, 3.8) is 0 Å². The van der Waals surface area contributed by atoms with E-state index in [4.69, 9.17) is 9.47 Å². The third-order valence-electron chi connectivity index (χ3n) is 2.45. The summed E-state index contributed by atoms with van der Waals surface area (Å²) in [6.07, 6.45) is 1.36. The van der Waals surface area contributed by atoms with E-state index in [2.05, 4.69) is 0 Å². The molecule has 0 saturated heterocycles. The first-order valence-electron chi connectivity index (χ1n) is 6.27. The molecule has 0 bridgehead atoms. The molecule has 6 heteroatoms. The van der Waals surface area contributed by atoms with Gasteiger partial charge in [-0.2, -0.15) is 0 Å². The highest BCUT2D eigenvalue weighted by atomic mass is 16.6. The third kappa shape index (κ3) is 4.24. The van der Waals surface area contributed by atoms with Gasteiger partial charge < -0.3 is 14.6 Å². The summed E-state index contributed by atoms with van der Waals surface area (Å²) in [5.74, 6) is -0.634. The molecular formula is C13H21NO5. The molecule has 0 aromatic heterocycles. The molecule has 0 saturated carbocycles. The molecule has 0 aromatic rings. The molecule has 1 heterocycles. The minimum absolute atomic E-state index is 0.188. The Balaban J connectivity index is 2.86. The van der Waals surface area contributed by atoms with Crippen molar-refractivity contribution in [3.05, 3.63) is 12.2 Å². The van der Waals surface area contributed by atoms with Crippen molar-refractivity contribution in [2.75, 3.05) is 13.2 Å². The quantitative estimate of drug-likeness (QED) is 0.601. The first-order valence-corrected chi connectivity index (χ1v) is 6.27. The summed E-state index contributed by atoms with van der Waals surface area (Å²) >= 11 is 0. The van der Waals surface area contributed by atoms with Gasteiger partial charge in [-0.05, 0) is 27.7 Å². The molecular weight excluding hydrogens is 250 g/mol. The summed E-state index contributed by atoms with van der Waals surface area (Å²) in [5.41, 5.74) is -0.664. The number of ether oxygens (including phenoxy) is 2. The van der Waals surface area contributed by atoms with Crippen LogP contribution >= 0.6 is 0 Å².